The first kappa shape index (κ1) is 62.6. The van der Waals surface area contributed by atoms with Gasteiger partial charge in [-0.05, 0) is 171 Å². The summed E-state index contributed by atoms with van der Waals surface area (Å²) in [6.45, 7) is 3.95. The molecule has 88 heavy (non-hydrogen) atoms. The second-order valence-corrected chi connectivity index (χ2v) is 21.4. The van der Waals surface area contributed by atoms with E-state index in [-0.39, 0.29) is 0 Å². The van der Waals surface area contributed by atoms with E-state index in [2.05, 4.69) is 119 Å². The van der Waals surface area contributed by atoms with Crippen LogP contribution in [0, 0.1) is 0 Å². The summed E-state index contributed by atoms with van der Waals surface area (Å²) in [6, 6.07) is 62.0. The van der Waals surface area contributed by atoms with E-state index in [9.17, 15) is 0 Å². The lowest BCUT2D eigenvalue weighted by atomic mass is 10.2. The maximum atomic E-state index is 5.89. The van der Waals surface area contributed by atoms with Gasteiger partial charge in [-0.2, -0.15) is 40.9 Å². The van der Waals surface area contributed by atoms with Gasteiger partial charge >= 0.3 is 0 Å². The SMILES string of the molecule is COc1ccc(Nc2ccc(N=Nc3cc[n+](CCCCCC[n+]4ccc(N=Nc5ccc(Nc6ccc(OC)cc6)cc5)cc4)cc3)cc2)cc1.Clc1ccc(N=Nc2cc[n+](CCCCCC[n+]3ccc(N=Nc4ccc(Cl)cc4)cc3)cc2)cc1. The highest BCUT2D eigenvalue weighted by Crippen LogP contribution is 2.27. The van der Waals surface area contributed by atoms with Crippen LogP contribution in [0.15, 0.2) is 285 Å². The van der Waals surface area contributed by atoms with Crippen LogP contribution < -0.4 is 38.4 Å². The Morgan fingerprint density at radius 2 is 0.455 bits per heavy atom. The Morgan fingerprint density at radius 3 is 0.670 bits per heavy atom. The average Bonchev–Trinajstić information content (AvgIpc) is 3.61. The molecule has 444 valence electrons. The predicted octanol–water partition coefficient (Wildman–Crippen LogP) is 19.5. The van der Waals surface area contributed by atoms with Crippen LogP contribution in [0.5, 0.6) is 11.5 Å². The number of benzene rings is 6. The van der Waals surface area contributed by atoms with Gasteiger partial charge in [0.15, 0.2) is 49.6 Å². The van der Waals surface area contributed by atoms with Crippen molar-refractivity contribution in [2.24, 2.45) is 40.9 Å². The molecule has 6 aromatic carbocycles. The third-order valence-corrected chi connectivity index (χ3v) is 14.4. The molecule has 0 aliphatic heterocycles. The first-order valence-corrected chi connectivity index (χ1v) is 30.2. The molecule has 0 aliphatic rings. The minimum Gasteiger partial charge on any atom is -0.497 e. The number of rotatable bonds is 28. The largest absolute Gasteiger partial charge is 0.497 e. The molecule has 0 saturated heterocycles. The minimum atomic E-state index is 0.692. The summed E-state index contributed by atoms with van der Waals surface area (Å²) < 4.78 is 19.2. The maximum Gasteiger partial charge on any atom is 0.171 e. The molecule has 0 radical (unpaired) electrons. The second kappa shape index (κ2) is 34.3. The lowest BCUT2D eigenvalue weighted by Crippen LogP contribution is -2.33. The maximum absolute atomic E-state index is 5.89. The molecule has 0 aliphatic carbocycles. The average molecular weight is 1210 g/mol. The third-order valence-electron chi connectivity index (χ3n) is 13.9. The molecule has 0 unspecified atom stereocenters. The summed E-state index contributed by atoms with van der Waals surface area (Å²) >= 11 is 11.8. The van der Waals surface area contributed by atoms with Crippen molar-refractivity contribution in [3.8, 4) is 11.5 Å². The van der Waals surface area contributed by atoms with Crippen molar-refractivity contribution in [3.63, 3.8) is 0 Å². The quantitative estimate of drug-likeness (QED) is 0.0284. The van der Waals surface area contributed by atoms with Crippen molar-refractivity contribution >= 4 is 91.5 Å². The number of aryl methyl sites for hydroxylation is 4. The molecule has 0 spiro atoms. The highest BCUT2D eigenvalue weighted by atomic mass is 35.5. The fourth-order valence-electron chi connectivity index (χ4n) is 8.93. The molecule has 0 saturated carbocycles. The van der Waals surface area contributed by atoms with Crippen LogP contribution in [-0.2, 0) is 26.2 Å². The number of halogens is 2. The van der Waals surface area contributed by atoms with Crippen LogP contribution in [0.4, 0.5) is 68.2 Å². The Bertz CT molecular complexity index is 3530. The van der Waals surface area contributed by atoms with Gasteiger partial charge < -0.3 is 20.1 Å². The van der Waals surface area contributed by atoms with E-state index in [1.807, 2.05) is 194 Å². The van der Waals surface area contributed by atoms with Crippen molar-refractivity contribution in [1.29, 1.82) is 0 Å². The fourth-order valence-corrected chi connectivity index (χ4v) is 9.18. The van der Waals surface area contributed by atoms with E-state index in [1.54, 1.807) is 14.2 Å². The highest BCUT2D eigenvalue weighted by molar-refractivity contribution is 6.30. The zero-order chi connectivity index (χ0) is 60.8. The number of aromatic nitrogens is 4. The number of hydrogen-bond acceptors (Lipinski definition) is 12. The third kappa shape index (κ3) is 21.9. The monoisotopic (exact) mass is 1210 g/mol. The molecule has 4 heterocycles. The van der Waals surface area contributed by atoms with Gasteiger partial charge in [-0.15, -0.1) is 0 Å². The Hall–Kier alpha value is -9.90. The van der Waals surface area contributed by atoms with Crippen LogP contribution in [0.2, 0.25) is 10.0 Å². The molecule has 0 amide bonds. The van der Waals surface area contributed by atoms with Gasteiger partial charge in [0.25, 0.3) is 0 Å². The summed E-state index contributed by atoms with van der Waals surface area (Å²) in [7, 11) is 3.33. The van der Waals surface area contributed by atoms with E-state index >= 15 is 0 Å². The summed E-state index contributed by atoms with van der Waals surface area (Å²) in [5.74, 6) is 1.66. The van der Waals surface area contributed by atoms with Gasteiger partial charge in [0.1, 0.15) is 37.7 Å². The topological polar surface area (TPSA) is 157 Å². The standard InChI is InChI=1S/C42H42N8O2.C28H28Cl2N6/c1-51-41-19-15-35(16-20-41)43-33-7-11-37(12-8-33)45-47-39-23-29-49(30-24-39)27-5-3-4-6-28-50-31-25-40(26-32-50)48-46-38-13-9-34(10-14-38)44-36-17-21-42(52-2)22-18-36;29-23-5-9-25(10-6-23)31-33-27-13-19-35(20-14-27)17-3-1-2-4-18-36-21-15-28(16-22-36)34-32-26-11-7-24(30)8-12-26/h7-26,29-32H,3-6,27-28H2,1-2H3;5-16,19-22H,1-4,17-18H2/q;+2/p+2. The van der Waals surface area contributed by atoms with Gasteiger partial charge in [-0.1, -0.05) is 23.2 Å². The van der Waals surface area contributed by atoms with Crippen LogP contribution in [0.3, 0.4) is 0 Å². The molecule has 10 aromatic rings. The predicted molar refractivity (Wildman–Crippen MR) is 349 cm³/mol. The second-order valence-electron chi connectivity index (χ2n) is 20.6. The molecule has 0 atom stereocenters. The molecule has 0 fully saturated rings. The minimum absolute atomic E-state index is 0.692. The Balaban J connectivity index is 0.000000224. The molecular weight excluding hydrogens is 1140 g/mol. The van der Waals surface area contributed by atoms with Crippen LogP contribution in [0.1, 0.15) is 51.4 Å². The molecule has 0 bridgehead atoms. The van der Waals surface area contributed by atoms with Crippen molar-refractivity contribution in [1.82, 2.24) is 0 Å². The Kier molecular flexibility index (Phi) is 24.4. The number of hydrogen-bond donors (Lipinski definition) is 2. The van der Waals surface area contributed by atoms with Crippen LogP contribution in [-0.4, -0.2) is 14.2 Å². The molecule has 18 heteroatoms. The number of anilines is 4. The number of ether oxygens (including phenoxy) is 2. The van der Waals surface area contributed by atoms with Crippen molar-refractivity contribution in [2.75, 3.05) is 24.9 Å². The first-order valence-electron chi connectivity index (χ1n) is 29.4. The smallest absolute Gasteiger partial charge is 0.171 e. The number of nitrogens with one attached hydrogen (secondary N) is 2. The molecule has 16 nitrogen and oxygen atoms in total. The van der Waals surface area contributed by atoms with E-state index < -0.39 is 0 Å². The van der Waals surface area contributed by atoms with Gasteiger partial charge in [-0.25, -0.2) is 18.3 Å². The molecule has 4 aromatic heterocycles. The number of nitrogens with zero attached hydrogens (tertiary/aromatic N) is 12. The Morgan fingerprint density at radius 1 is 0.261 bits per heavy atom. The van der Waals surface area contributed by atoms with Crippen LogP contribution >= 0.6 is 23.2 Å². The fraction of sp³-hybridized carbons (Fsp3) is 0.200. The number of azo groups is 4. The van der Waals surface area contributed by atoms with Gasteiger partial charge in [0, 0.05) is 107 Å². The van der Waals surface area contributed by atoms with E-state index in [4.69, 9.17) is 32.7 Å². The molecular formula is C70H72Cl2N14O2+4. The highest BCUT2D eigenvalue weighted by Gasteiger charge is 2.08. The van der Waals surface area contributed by atoms with Crippen molar-refractivity contribution < 1.29 is 27.7 Å². The first-order chi connectivity index (χ1) is 43.2. The Labute approximate surface area is 524 Å². The lowest BCUT2D eigenvalue weighted by Gasteiger charge is -2.07. The van der Waals surface area contributed by atoms with Gasteiger partial charge in [-0.3, -0.25) is 0 Å². The number of unbranched alkanes of at least 4 members (excludes halogenated alkanes) is 6. The zero-order valence-electron chi connectivity index (χ0n) is 49.5. The number of pyridine rings is 4. The lowest BCUT2D eigenvalue weighted by molar-refractivity contribution is -0.698. The van der Waals surface area contributed by atoms with E-state index in [1.165, 1.54) is 25.7 Å². The van der Waals surface area contributed by atoms with E-state index in [0.29, 0.717) is 10.0 Å². The molecule has 2 N–H and O–H groups in total. The van der Waals surface area contributed by atoms with Gasteiger partial charge in [0.05, 0.1) is 59.7 Å². The summed E-state index contributed by atoms with van der Waals surface area (Å²) in [5.41, 5.74) is 10.4. The van der Waals surface area contributed by atoms with Gasteiger partial charge in [0.2, 0.25) is 0 Å². The number of methoxy groups -OCH3 is 2. The normalized spacial score (nSPS) is 11.3. The van der Waals surface area contributed by atoms with Crippen LogP contribution in [0.25, 0.3) is 0 Å². The summed E-state index contributed by atoms with van der Waals surface area (Å²) in [4.78, 5) is 0. The molecule has 10 rings (SSSR count). The zero-order valence-corrected chi connectivity index (χ0v) is 51.0. The van der Waals surface area contributed by atoms with Crippen molar-refractivity contribution in [2.45, 2.75) is 77.5 Å². The summed E-state index contributed by atoms with van der Waals surface area (Å²) in [5, 5.41) is 42.8. The van der Waals surface area contributed by atoms with Crippen molar-refractivity contribution in [3.05, 3.63) is 254 Å². The summed E-state index contributed by atoms with van der Waals surface area (Å²) in [6.07, 6.45) is 25.8. The van der Waals surface area contributed by atoms with E-state index in [0.717, 1.165) is 132 Å².